The molecule has 1 aromatic heterocycles. The van der Waals surface area contributed by atoms with Crippen LogP contribution in [0.25, 0.3) is 0 Å². The summed E-state index contributed by atoms with van der Waals surface area (Å²) in [5.41, 5.74) is 0. The van der Waals surface area contributed by atoms with Crippen molar-refractivity contribution < 1.29 is 17.9 Å². The number of aliphatic hydroxyl groups is 1. The van der Waals surface area contributed by atoms with Crippen molar-refractivity contribution >= 4 is 26.0 Å². The maximum absolute atomic E-state index is 11.9. The normalized spacial score (nSPS) is 16.4. The van der Waals surface area contributed by atoms with Crippen molar-refractivity contribution in [1.82, 2.24) is 4.72 Å². The van der Waals surface area contributed by atoms with Crippen LogP contribution in [-0.4, -0.2) is 20.1 Å². The van der Waals surface area contributed by atoms with Crippen LogP contribution < -0.4 is 4.72 Å². The van der Waals surface area contributed by atoms with Crippen molar-refractivity contribution in [2.75, 3.05) is 6.54 Å². The van der Waals surface area contributed by atoms with Crippen LogP contribution in [0.5, 0.6) is 0 Å². The van der Waals surface area contributed by atoms with E-state index in [0.29, 0.717) is 12.5 Å². The molecule has 0 radical (unpaired) electrons. The van der Waals surface area contributed by atoms with E-state index in [4.69, 9.17) is 9.52 Å². The predicted octanol–water partition coefficient (Wildman–Crippen LogP) is 1.61. The smallest absolute Gasteiger partial charge is 0.244 e. The Morgan fingerprint density at radius 3 is 2.76 bits per heavy atom. The molecule has 17 heavy (non-hydrogen) atoms. The van der Waals surface area contributed by atoms with Gasteiger partial charge in [0.25, 0.3) is 0 Å². The summed E-state index contributed by atoms with van der Waals surface area (Å²) in [5.74, 6) is 0.901. The number of nitrogens with one attached hydrogen (secondary N) is 1. The lowest BCUT2D eigenvalue weighted by atomic mass is 10.3. The standard InChI is InChI=1S/C10H14BrNO4S/c11-10-9(5-8(6-13)16-10)17(14,15)12-4-3-7-1-2-7/h5,7,12-13H,1-4,6H2. The molecule has 2 N–H and O–H groups in total. The van der Waals surface area contributed by atoms with Crippen LogP contribution in [0.3, 0.4) is 0 Å². The van der Waals surface area contributed by atoms with Crippen LogP contribution in [0, 0.1) is 5.92 Å². The average molecular weight is 324 g/mol. The Morgan fingerprint density at radius 1 is 1.53 bits per heavy atom. The molecule has 1 heterocycles. The maximum atomic E-state index is 11.9. The molecule has 0 spiro atoms. The molecule has 0 atom stereocenters. The first-order valence-electron chi connectivity index (χ1n) is 5.41. The van der Waals surface area contributed by atoms with Gasteiger partial charge in [0.05, 0.1) is 0 Å². The molecule has 96 valence electrons. The van der Waals surface area contributed by atoms with E-state index in [1.165, 1.54) is 18.9 Å². The minimum atomic E-state index is -3.55. The van der Waals surface area contributed by atoms with E-state index in [2.05, 4.69) is 20.7 Å². The molecule has 0 amide bonds. The van der Waals surface area contributed by atoms with Gasteiger partial charge in [-0.1, -0.05) is 12.8 Å². The van der Waals surface area contributed by atoms with Gasteiger partial charge < -0.3 is 9.52 Å². The van der Waals surface area contributed by atoms with Crippen LogP contribution in [0.2, 0.25) is 0 Å². The van der Waals surface area contributed by atoms with Crippen LogP contribution >= 0.6 is 15.9 Å². The van der Waals surface area contributed by atoms with Crippen molar-refractivity contribution in [2.24, 2.45) is 5.92 Å². The summed E-state index contributed by atoms with van der Waals surface area (Å²) in [4.78, 5) is 0.0392. The molecule has 0 unspecified atom stereocenters. The monoisotopic (exact) mass is 323 g/mol. The highest BCUT2D eigenvalue weighted by atomic mass is 79.9. The van der Waals surface area contributed by atoms with Crippen LogP contribution in [0.1, 0.15) is 25.0 Å². The quantitative estimate of drug-likeness (QED) is 0.833. The van der Waals surface area contributed by atoms with Gasteiger partial charge in [-0.15, -0.1) is 0 Å². The Labute approximate surface area is 108 Å². The Bertz CT molecular complexity index is 492. The number of hydrogen-bond acceptors (Lipinski definition) is 4. The lowest BCUT2D eigenvalue weighted by Gasteiger charge is -2.03. The minimum Gasteiger partial charge on any atom is -0.450 e. The van der Waals surface area contributed by atoms with Crippen molar-refractivity contribution in [3.05, 3.63) is 16.5 Å². The molecule has 0 bridgehead atoms. The SMILES string of the molecule is O=S(=O)(NCCC1CC1)c1cc(CO)oc1Br. The van der Waals surface area contributed by atoms with Crippen LogP contribution in [0.4, 0.5) is 0 Å². The van der Waals surface area contributed by atoms with Crippen molar-refractivity contribution in [1.29, 1.82) is 0 Å². The second-order valence-corrected chi connectivity index (χ2v) is 6.59. The van der Waals surface area contributed by atoms with Crippen molar-refractivity contribution in [3.63, 3.8) is 0 Å². The number of rotatable bonds is 6. The lowest BCUT2D eigenvalue weighted by Crippen LogP contribution is -2.25. The van der Waals surface area contributed by atoms with Gasteiger partial charge in [0, 0.05) is 12.6 Å². The van der Waals surface area contributed by atoms with Crippen molar-refractivity contribution in [3.8, 4) is 0 Å². The first kappa shape index (κ1) is 13.1. The number of aliphatic hydroxyl groups excluding tert-OH is 1. The predicted molar refractivity (Wildman–Crippen MR) is 64.9 cm³/mol. The zero-order chi connectivity index (χ0) is 12.5. The van der Waals surface area contributed by atoms with E-state index < -0.39 is 10.0 Å². The first-order chi connectivity index (χ1) is 8.03. The second kappa shape index (κ2) is 5.09. The minimum absolute atomic E-state index is 0.0392. The van der Waals surface area contributed by atoms with Gasteiger partial charge in [-0.2, -0.15) is 0 Å². The molecule has 0 saturated heterocycles. The van der Waals surface area contributed by atoms with E-state index >= 15 is 0 Å². The topological polar surface area (TPSA) is 79.5 Å². The van der Waals surface area contributed by atoms with E-state index in [1.807, 2.05) is 0 Å². The highest BCUT2D eigenvalue weighted by Gasteiger charge is 2.24. The van der Waals surface area contributed by atoms with Crippen LogP contribution in [-0.2, 0) is 16.6 Å². The molecule has 2 rings (SSSR count). The number of halogens is 1. The Kier molecular flexibility index (Phi) is 3.92. The highest BCUT2D eigenvalue weighted by Crippen LogP contribution is 2.32. The molecule has 1 fully saturated rings. The maximum Gasteiger partial charge on any atom is 0.244 e. The summed E-state index contributed by atoms with van der Waals surface area (Å²) >= 11 is 3.03. The summed E-state index contributed by atoms with van der Waals surface area (Å²) in [5, 5.41) is 8.87. The highest BCUT2D eigenvalue weighted by molar-refractivity contribution is 9.10. The zero-order valence-corrected chi connectivity index (χ0v) is 11.6. The molecular formula is C10H14BrNO4S. The molecular weight excluding hydrogens is 310 g/mol. The van der Waals surface area contributed by atoms with E-state index in [1.54, 1.807) is 0 Å². The van der Waals surface area contributed by atoms with E-state index in [9.17, 15) is 8.42 Å². The fraction of sp³-hybridized carbons (Fsp3) is 0.600. The van der Waals surface area contributed by atoms with Gasteiger partial charge in [0.15, 0.2) is 4.67 Å². The van der Waals surface area contributed by atoms with E-state index in [-0.39, 0.29) is 21.9 Å². The fourth-order valence-corrected chi connectivity index (χ4v) is 3.58. The third-order valence-corrected chi connectivity index (χ3v) is 5.01. The Hall–Kier alpha value is -0.370. The average Bonchev–Trinajstić information content (AvgIpc) is 2.99. The lowest BCUT2D eigenvalue weighted by molar-refractivity contribution is 0.245. The molecule has 5 nitrogen and oxygen atoms in total. The summed E-state index contributed by atoms with van der Waals surface area (Å²) < 4.78 is 31.5. The van der Waals surface area contributed by atoms with Gasteiger partial charge in [-0.25, -0.2) is 13.1 Å². The summed E-state index contributed by atoms with van der Waals surface area (Å²) in [7, 11) is -3.55. The van der Waals surface area contributed by atoms with Gasteiger partial charge in [0.2, 0.25) is 10.0 Å². The molecule has 1 aliphatic rings. The summed E-state index contributed by atoms with van der Waals surface area (Å²) in [6.45, 7) is 0.120. The Morgan fingerprint density at radius 2 is 2.24 bits per heavy atom. The third-order valence-electron chi connectivity index (χ3n) is 2.69. The number of sulfonamides is 1. The van der Waals surface area contributed by atoms with Crippen LogP contribution in [0.15, 0.2) is 20.0 Å². The Balaban J connectivity index is 2.03. The van der Waals surface area contributed by atoms with E-state index in [0.717, 1.165) is 6.42 Å². The third kappa shape index (κ3) is 3.31. The fourth-order valence-electron chi connectivity index (χ4n) is 1.54. The summed E-state index contributed by atoms with van der Waals surface area (Å²) in [6.07, 6.45) is 3.28. The van der Waals surface area contributed by atoms with Gasteiger partial charge in [0.1, 0.15) is 17.3 Å². The molecule has 1 saturated carbocycles. The number of furan rings is 1. The summed E-state index contributed by atoms with van der Waals surface area (Å²) in [6, 6.07) is 1.32. The first-order valence-corrected chi connectivity index (χ1v) is 7.69. The van der Waals surface area contributed by atoms with Gasteiger partial charge >= 0.3 is 0 Å². The van der Waals surface area contributed by atoms with Gasteiger partial charge in [-0.05, 0) is 28.3 Å². The number of hydrogen-bond donors (Lipinski definition) is 2. The van der Waals surface area contributed by atoms with Gasteiger partial charge in [-0.3, -0.25) is 0 Å². The largest absolute Gasteiger partial charge is 0.450 e. The molecule has 7 heteroatoms. The molecule has 0 aromatic carbocycles. The molecule has 1 aromatic rings. The molecule has 1 aliphatic carbocycles. The second-order valence-electron chi connectivity index (χ2n) is 4.14. The van der Waals surface area contributed by atoms with Crippen molar-refractivity contribution in [2.45, 2.75) is 30.8 Å². The zero-order valence-electron chi connectivity index (χ0n) is 9.15. The molecule has 0 aliphatic heterocycles.